The van der Waals surface area contributed by atoms with Crippen LogP contribution in [0.25, 0.3) is 28.1 Å². The Morgan fingerprint density at radius 3 is 2.57 bits per heavy atom. The Balaban J connectivity index is 1.57. The highest BCUT2D eigenvalue weighted by Gasteiger charge is 2.21. The van der Waals surface area contributed by atoms with Gasteiger partial charge in [0.15, 0.2) is 0 Å². The minimum Gasteiger partial charge on any atom is -0.381 e. The molecule has 37 heavy (non-hydrogen) atoms. The number of para-hydroxylation sites is 2. The molecule has 2 heterocycles. The van der Waals surface area contributed by atoms with Crippen LogP contribution in [0.1, 0.15) is 25.7 Å². The number of halogens is 1. The third-order valence-corrected chi connectivity index (χ3v) is 7.16. The molecular formula is C29H27ClN6O. The number of nitrogens with one attached hydrogen (secondary N) is 1. The third kappa shape index (κ3) is 4.92. The highest BCUT2D eigenvalue weighted by molar-refractivity contribution is 6.30. The minimum atomic E-state index is 0.226. The highest BCUT2D eigenvalue weighted by Crippen LogP contribution is 2.31. The van der Waals surface area contributed by atoms with Crippen LogP contribution in [0, 0.1) is 0 Å². The summed E-state index contributed by atoms with van der Waals surface area (Å²) in [4.78, 5) is 18.9. The van der Waals surface area contributed by atoms with Gasteiger partial charge < -0.3 is 14.6 Å². The first-order valence-corrected chi connectivity index (χ1v) is 12.9. The van der Waals surface area contributed by atoms with E-state index in [0.29, 0.717) is 16.9 Å². The van der Waals surface area contributed by atoms with Crippen molar-refractivity contribution in [3.05, 3.63) is 89.6 Å². The predicted molar refractivity (Wildman–Crippen MR) is 147 cm³/mol. The molecule has 8 heteroatoms. The standard InChI is InChI=1S/C29H27ClN6O/c1-37-22-12-8-20(9-13-22)33-25-17-28-26(16-24(25)35-29-18-31-14-15-32-29)34-23-4-2-3-5-27(23)36(28)21-10-6-19(30)7-11-21/h2-7,10-11,14-18,20,22H,8-9,12-13H2,1H3,(H,32,35)/b33-25+. The number of hydrogen-bond acceptors (Lipinski definition) is 6. The average molecular weight is 511 g/mol. The molecular weight excluding hydrogens is 484 g/mol. The van der Waals surface area contributed by atoms with Crippen LogP contribution in [0.5, 0.6) is 0 Å². The topological polar surface area (TPSA) is 77.2 Å². The predicted octanol–water partition coefficient (Wildman–Crippen LogP) is 6.18. The lowest BCUT2D eigenvalue weighted by molar-refractivity contribution is 0.0663. The number of ether oxygens (including phenoxy) is 1. The molecule has 1 aliphatic heterocycles. The Morgan fingerprint density at radius 2 is 1.81 bits per heavy atom. The number of anilines is 2. The van der Waals surface area contributed by atoms with Gasteiger partial charge in [-0.15, -0.1) is 0 Å². The second kappa shape index (κ2) is 10.3. The molecule has 7 nitrogen and oxygen atoms in total. The van der Waals surface area contributed by atoms with E-state index in [1.54, 1.807) is 25.7 Å². The fourth-order valence-corrected chi connectivity index (χ4v) is 5.15. The summed E-state index contributed by atoms with van der Waals surface area (Å²) in [7, 11) is 1.79. The molecule has 1 aromatic heterocycles. The fourth-order valence-electron chi connectivity index (χ4n) is 5.03. The van der Waals surface area contributed by atoms with E-state index in [2.05, 4.69) is 38.1 Å². The Morgan fingerprint density at radius 1 is 1.00 bits per heavy atom. The van der Waals surface area contributed by atoms with Crippen LogP contribution in [0.15, 0.2) is 84.2 Å². The van der Waals surface area contributed by atoms with Gasteiger partial charge in [-0.2, -0.15) is 0 Å². The molecule has 1 fully saturated rings. The maximum atomic E-state index is 6.22. The summed E-state index contributed by atoms with van der Waals surface area (Å²) in [6.07, 6.45) is 9.38. The number of fused-ring (bicyclic) bond motifs is 2. The van der Waals surface area contributed by atoms with Crippen molar-refractivity contribution < 1.29 is 4.74 Å². The summed E-state index contributed by atoms with van der Waals surface area (Å²) < 4.78 is 7.80. The second-order valence-corrected chi connectivity index (χ2v) is 9.72. The molecule has 0 spiro atoms. The van der Waals surface area contributed by atoms with Crippen molar-refractivity contribution >= 4 is 34.1 Å². The summed E-state index contributed by atoms with van der Waals surface area (Å²) in [5, 5.41) is 5.00. The molecule has 6 rings (SSSR count). The van der Waals surface area contributed by atoms with Gasteiger partial charge in [0.1, 0.15) is 5.82 Å². The smallest absolute Gasteiger partial charge is 0.148 e. The van der Waals surface area contributed by atoms with Crippen LogP contribution in [0.3, 0.4) is 0 Å². The molecule has 1 N–H and O–H groups in total. The Labute approximate surface area is 220 Å². The summed E-state index contributed by atoms with van der Waals surface area (Å²) in [5.41, 5.74) is 5.59. The summed E-state index contributed by atoms with van der Waals surface area (Å²) in [6, 6.07) is 20.5. The lowest BCUT2D eigenvalue weighted by Crippen LogP contribution is -2.25. The number of benzene rings is 3. The molecule has 0 unspecified atom stereocenters. The third-order valence-electron chi connectivity index (χ3n) is 6.91. The molecule has 2 aliphatic carbocycles. The average Bonchev–Trinajstić information content (AvgIpc) is 2.94. The van der Waals surface area contributed by atoms with E-state index in [4.69, 9.17) is 26.3 Å². The van der Waals surface area contributed by atoms with E-state index in [9.17, 15) is 0 Å². The van der Waals surface area contributed by atoms with Crippen LogP contribution in [0.2, 0.25) is 5.02 Å². The van der Waals surface area contributed by atoms with Crippen LogP contribution in [-0.4, -0.2) is 38.8 Å². The van der Waals surface area contributed by atoms with E-state index in [1.165, 1.54) is 0 Å². The van der Waals surface area contributed by atoms with Gasteiger partial charge in [0.25, 0.3) is 0 Å². The summed E-state index contributed by atoms with van der Waals surface area (Å²) in [6.45, 7) is 0. The molecule has 0 bridgehead atoms. The monoisotopic (exact) mass is 510 g/mol. The number of methoxy groups -OCH3 is 1. The quantitative estimate of drug-likeness (QED) is 0.286. The van der Waals surface area contributed by atoms with E-state index in [1.807, 2.05) is 42.5 Å². The maximum Gasteiger partial charge on any atom is 0.148 e. The lowest BCUT2D eigenvalue weighted by atomic mass is 9.93. The van der Waals surface area contributed by atoms with Gasteiger partial charge in [-0.3, -0.25) is 9.98 Å². The first kappa shape index (κ1) is 23.6. The van der Waals surface area contributed by atoms with Crippen molar-refractivity contribution in [3.63, 3.8) is 0 Å². The number of aromatic nitrogens is 4. The first-order chi connectivity index (χ1) is 18.2. The Bertz CT molecular complexity index is 1560. The highest BCUT2D eigenvalue weighted by atomic mass is 35.5. The van der Waals surface area contributed by atoms with Crippen molar-refractivity contribution in [2.45, 2.75) is 37.8 Å². The van der Waals surface area contributed by atoms with Crippen LogP contribution in [-0.2, 0) is 4.74 Å². The summed E-state index contributed by atoms with van der Waals surface area (Å²) >= 11 is 6.22. The van der Waals surface area contributed by atoms with Crippen LogP contribution in [0.4, 0.5) is 11.5 Å². The number of nitrogens with zero attached hydrogens (tertiary/aromatic N) is 5. The molecule has 0 amide bonds. The van der Waals surface area contributed by atoms with Crippen LogP contribution >= 0.6 is 11.6 Å². The van der Waals surface area contributed by atoms with Crippen molar-refractivity contribution in [2.24, 2.45) is 4.99 Å². The Kier molecular flexibility index (Phi) is 6.55. The molecule has 3 aromatic rings. The number of rotatable bonds is 5. The first-order valence-electron chi connectivity index (χ1n) is 12.5. The second-order valence-electron chi connectivity index (χ2n) is 9.28. The zero-order chi connectivity index (χ0) is 25.2. The van der Waals surface area contributed by atoms with Gasteiger partial charge in [-0.05, 0) is 74.2 Å². The number of hydrogen-bond donors (Lipinski definition) is 1. The molecule has 0 atom stereocenters. The van der Waals surface area contributed by atoms with Gasteiger partial charge in [0.2, 0.25) is 0 Å². The van der Waals surface area contributed by atoms with Gasteiger partial charge in [-0.25, -0.2) is 9.97 Å². The van der Waals surface area contributed by atoms with Gasteiger partial charge in [0, 0.05) is 30.2 Å². The Hall–Kier alpha value is -3.81. The van der Waals surface area contributed by atoms with Crippen LogP contribution < -0.4 is 10.7 Å². The van der Waals surface area contributed by atoms with E-state index in [0.717, 1.165) is 64.8 Å². The fraction of sp³-hybridized carbons (Fsp3) is 0.241. The van der Waals surface area contributed by atoms with Crippen molar-refractivity contribution in [2.75, 3.05) is 12.4 Å². The van der Waals surface area contributed by atoms with Gasteiger partial charge in [-0.1, -0.05) is 23.7 Å². The SMILES string of the molecule is COC1CCC(/N=c2\cc3n(-c4ccc(Cl)cc4)c4ccccc4nc-3cc2Nc2cnccn2)CC1. The van der Waals surface area contributed by atoms with E-state index in [-0.39, 0.29) is 6.04 Å². The van der Waals surface area contributed by atoms with E-state index < -0.39 is 0 Å². The summed E-state index contributed by atoms with van der Waals surface area (Å²) in [5.74, 6) is 0.660. The maximum absolute atomic E-state index is 6.22. The van der Waals surface area contributed by atoms with E-state index >= 15 is 0 Å². The minimum absolute atomic E-state index is 0.226. The van der Waals surface area contributed by atoms with Gasteiger partial charge >= 0.3 is 0 Å². The molecule has 186 valence electrons. The molecule has 3 aliphatic rings. The largest absolute Gasteiger partial charge is 0.381 e. The normalized spacial score (nSPS) is 18.4. The molecule has 0 saturated heterocycles. The van der Waals surface area contributed by atoms with Gasteiger partial charge in [0.05, 0.1) is 51.8 Å². The van der Waals surface area contributed by atoms with Crippen molar-refractivity contribution in [1.82, 2.24) is 19.5 Å². The zero-order valence-corrected chi connectivity index (χ0v) is 21.3. The zero-order valence-electron chi connectivity index (χ0n) is 20.5. The molecule has 0 radical (unpaired) electrons. The van der Waals surface area contributed by atoms with Crippen molar-refractivity contribution in [1.29, 1.82) is 0 Å². The molecule has 1 saturated carbocycles. The van der Waals surface area contributed by atoms with Crippen molar-refractivity contribution in [3.8, 4) is 17.1 Å². The molecule has 2 aromatic carbocycles. The lowest BCUT2D eigenvalue weighted by Gasteiger charge is -2.25.